The molecule has 1 aliphatic rings. The van der Waals surface area contributed by atoms with Crippen molar-refractivity contribution < 1.29 is 14.3 Å². The number of imidazole rings is 1. The molecule has 1 saturated heterocycles. The zero-order chi connectivity index (χ0) is 20.6. The summed E-state index contributed by atoms with van der Waals surface area (Å²) in [7, 11) is 0. The lowest BCUT2D eigenvalue weighted by molar-refractivity contribution is -0.105. The number of carbonyl (C=O) groups excluding carboxylic acids is 1. The molecule has 0 radical (unpaired) electrons. The zero-order valence-corrected chi connectivity index (χ0v) is 16.6. The maximum Gasteiger partial charge on any atom is 0.211 e. The van der Waals surface area contributed by atoms with Gasteiger partial charge < -0.3 is 14.8 Å². The van der Waals surface area contributed by atoms with Crippen molar-refractivity contribution in [1.29, 1.82) is 0 Å². The number of nitrogens with zero attached hydrogens (tertiary/aromatic N) is 4. The van der Waals surface area contributed by atoms with Crippen molar-refractivity contribution in [3.63, 3.8) is 0 Å². The van der Waals surface area contributed by atoms with Gasteiger partial charge in [-0.05, 0) is 36.6 Å². The van der Waals surface area contributed by atoms with Gasteiger partial charge in [0.25, 0.3) is 0 Å². The van der Waals surface area contributed by atoms with Crippen molar-refractivity contribution in [3.8, 4) is 17.6 Å². The van der Waals surface area contributed by atoms with Crippen LogP contribution >= 0.6 is 0 Å². The number of ether oxygens (including phenoxy) is 2. The molecule has 1 aliphatic heterocycles. The van der Waals surface area contributed by atoms with E-state index in [9.17, 15) is 4.79 Å². The molecule has 0 saturated carbocycles. The molecule has 1 N–H and O–H groups in total. The van der Waals surface area contributed by atoms with E-state index < -0.39 is 0 Å². The molecule has 0 unspecified atom stereocenters. The molecule has 3 aromatic rings. The maximum absolute atomic E-state index is 10.5. The highest BCUT2D eigenvalue weighted by molar-refractivity contribution is 5.71. The number of amides is 1. The Morgan fingerprint density at radius 3 is 2.80 bits per heavy atom. The van der Waals surface area contributed by atoms with Crippen LogP contribution in [-0.4, -0.2) is 65.4 Å². The first-order valence-corrected chi connectivity index (χ1v) is 9.91. The van der Waals surface area contributed by atoms with E-state index in [1.165, 1.54) is 0 Å². The summed E-state index contributed by atoms with van der Waals surface area (Å²) < 4.78 is 13.0. The predicted octanol–water partition coefficient (Wildman–Crippen LogP) is 1.80. The molecule has 0 atom stereocenters. The fourth-order valence-electron chi connectivity index (χ4n) is 3.22. The van der Waals surface area contributed by atoms with Crippen LogP contribution in [0, 0.1) is 11.8 Å². The van der Waals surface area contributed by atoms with Crippen molar-refractivity contribution in [2.75, 3.05) is 44.8 Å². The Kier molecular flexibility index (Phi) is 6.54. The Hall–Kier alpha value is -3.41. The quantitative estimate of drug-likeness (QED) is 0.367. The van der Waals surface area contributed by atoms with Gasteiger partial charge in [0.2, 0.25) is 6.41 Å². The number of hydrogen-bond donors (Lipinski definition) is 1. The molecule has 8 nitrogen and oxygen atoms in total. The molecule has 4 rings (SSSR count). The molecule has 154 valence electrons. The van der Waals surface area contributed by atoms with Crippen molar-refractivity contribution in [3.05, 3.63) is 54.0 Å². The van der Waals surface area contributed by atoms with Crippen molar-refractivity contribution >= 4 is 17.7 Å². The first-order chi connectivity index (χ1) is 14.8. The van der Waals surface area contributed by atoms with Gasteiger partial charge in [0.1, 0.15) is 5.69 Å². The Morgan fingerprint density at radius 2 is 2.00 bits per heavy atom. The highest BCUT2D eigenvalue weighted by Crippen LogP contribution is 2.18. The van der Waals surface area contributed by atoms with Gasteiger partial charge in [0, 0.05) is 37.0 Å². The number of carbonyl (C=O) groups is 1. The Labute approximate surface area is 174 Å². The largest absolute Gasteiger partial charge is 0.490 e. The SMILES string of the molecule is O=CNc1ccc(C#Cc2cnc3c(OCCCN4CCOCC4)ccnn23)cc1. The molecule has 3 heterocycles. The zero-order valence-electron chi connectivity index (χ0n) is 16.6. The molecule has 1 amide bonds. The minimum atomic E-state index is 0.617. The van der Waals surface area contributed by atoms with Crippen LogP contribution in [0.25, 0.3) is 5.65 Å². The number of rotatable bonds is 7. The van der Waals surface area contributed by atoms with Gasteiger partial charge in [-0.3, -0.25) is 9.69 Å². The van der Waals surface area contributed by atoms with Crippen LogP contribution in [-0.2, 0) is 9.53 Å². The van der Waals surface area contributed by atoms with E-state index in [2.05, 4.69) is 32.1 Å². The topological polar surface area (TPSA) is 81.0 Å². The summed E-state index contributed by atoms with van der Waals surface area (Å²) in [4.78, 5) is 17.3. The molecule has 0 bridgehead atoms. The second kappa shape index (κ2) is 9.87. The summed E-state index contributed by atoms with van der Waals surface area (Å²) in [5.41, 5.74) is 2.89. The van der Waals surface area contributed by atoms with Crippen LogP contribution in [0.2, 0.25) is 0 Å². The van der Waals surface area contributed by atoms with Crippen LogP contribution in [0.3, 0.4) is 0 Å². The molecule has 0 aliphatic carbocycles. The molecule has 1 aromatic carbocycles. The molecule has 8 heteroatoms. The lowest BCUT2D eigenvalue weighted by atomic mass is 10.2. The first-order valence-electron chi connectivity index (χ1n) is 9.91. The second-order valence-electron chi connectivity index (χ2n) is 6.82. The summed E-state index contributed by atoms with van der Waals surface area (Å²) in [6.45, 7) is 5.20. The molecule has 2 aromatic heterocycles. The van der Waals surface area contributed by atoms with E-state index in [1.54, 1.807) is 29.0 Å². The monoisotopic (exact) mass is 405 g/mol. The third-order valence-electron chi connectivity index (χ3n) is 4.79. The van der Waals surface area contributed by atoms with Crippen molar-refractivity contribution in [2.24, 2.45) is 0 Å². The van der Waals surface area contributed by atoms with E-state index in [1.807, 2.05) is 18.2 Å². The summed E-state index contributed by atoms with van der Waals surface area (Å²) in [5.74, 6) is 6.89. The van der Waals surface area contributed by atoms with E-state index in [0.29, 0.717) is 30.1 Å². The van der Waals surface area contributed by atoms with Gasteiger partial charge >= 0.3 is 0 Å². The van der Waals surface area contributed by atoms with E-state index in [0.717, 1.165) is 50.5 Å². The Bertz CT molecular complexity index is 1050. The summed E-state index contributed by atoms with van der Waals surface area (Å²) in [6, 6.07) is 9.12. The highest BCUT2D eigenvalue weighted by atomic mass is 16.5. The van der Waals surface area contributed by atoms with Gasteiger partial charge in [-0.15, -0.1) is 0 Å². The van der Waals surface area contributed by atoms with Crippen molar-refractivity contribution in [1.82, 2.24) is 19.5 Å². The molecular weight excluding hydrogens is 382 g/mol. The van der Waals surface area contributed by atoms with Gasteiger partial charge in [-0.25, -0.2) is 9.50 Å². The molecular formula is C22H23N5O3. The highest BCUT2D eigenvalue weighted by Gasteiger charge is 2.11. The minimum absolute atomic E-state index is 0.617. The fraction of sp³-hybridized carbons (Fsp3) is 0.318. The van der Waals surface area contributed by atoms with E-state index >= 15 is 0 Å². The van der Waals surface area contributed by atoms with E-state index in [-0.39, 0.29) is 0 Å². The number of aromatic nitrogens is 3. The summed E-state index contributed by atoms with van der Waals surface area (Å²) >= 11 is 0. The van der Waals surface area contributed by atoms with Crippen LogP contribution in [0.5, 0.6) is 5.75 Å². The van der Waals surface area contributed by atoms with Crippen LogP contribution < -0.4 is 10.1 Å². The fourth-order valence-corrected chi connectivity index (χ4v) is 3.22. The Balaban J connectivity index is 1.40. The summed E-state index contributed by atoms with van der Waals surface area (Å²) in [6.07, 6.45) is 4.97. The molecule has 1 fully saturated rings. The number of benzene rings is 1. The van der Waals surface area contributed by atoms with Gasteiger partial charge in [-0.1, -0.05) is 5.92 Å². The average molecular weight is 405 g/mol. The number of morpholine rings is 1. The third kappa shape index (κ3) is 4.95. The summed E-state index contributed by atoms with van der Waals surface area (Å²) in [5, 5.41) is 6.95. The standard InChI is InChI=1S/C22H23N5O3/c28-17-24-19-5-2-18(3-6-19)4-7-20-16-23-22-21(8-9-25-27(20)22)30-13-1-10-26-11-14-29-15-12-26/h2-3,5-6,8-9,16-17H,1,10-15H2,(H,24,28). The number of anilines is 1. The minimum Gasteiger partial charge on any atom is -0.490 e. The molecule has 0 spiro atoms. The predicted molar refractivity (Wildman–Crippen MR) is 112 cm³/mol. The van der Waals surface area contributed by atoms with Crippen LogP contribution in [0.15, 0.2) is 42.7 Å². The smallest absolute Gasteiger partial charge is 0.211 e. The second-order valence-corrected chi connectivity index (χ2v) is 6.82. The van der Waals surface area contributed by atoms with Crippen LogP contribution in [0.4, 0.5) is 5.69 Å². The van der Waals surface area contributed by atoms with E-state index in [4.69, 9.17) is 9.47 Å². The average Bonchev–Trinajstić information content (AvgIpc) is 3.21. The Morgan fingerprint density at radius 1 is 1.17 bits per heavy atom. The van der Waals surface area contributed by atoms with Gasteiger partial charge in [-0.2, -0.15) is 5.10 Å². The first kappa shape index (κ1) is 19.9. The number of hydrogen-bond acceptors (Lipinski definition) is 6. The number of nitrogens with one attached hydrogen (secondary N) is 1. The van der Waals surface area contributed by atoms with Crippen molar-refractivity contribution in [2.45, 2.75) is 6.42 Å². The number of fused-ring (bicyclic) bond motifs is 1. The van der Waals surface area contributed by atoms with Gasteiger partial charge in [0.05, 0.1) is 32.2 Å². The maximum atomic E-state index is 10.5. The van der Waals surface area contributed by atoms with Gasteiger partial charge in [0.15, 0.2) is 11.4 Å². The lowest BCUT2D eigenvalue weighted by Crippen LogP contribution is -2.37. The third-order valence-corrected chi connectivity index (χ3v) is 4.79. The van der Waals surface area contributed by atoms with Crippen LogP contribution in [0.1, 0.15) is 17.7 Å². The lowest BCUT2D eigenvalue weighted by Gasteiger charge is -2.26. The normalized spacial score (nSPS) is 14.1. The molecule has 30 heavy (non-hydrogen) atoms.